The first-order chi connectivity index (χ1) is 8.24. The minimum atomic E-state index is 0.731. The molecule has 92 valence electrons. The van der Waals surface area contributed by atoms with Crippen LogP contribution < -0.4 is 5.32 Å². The predicted molar refractivity (Wildman–Crippen MR) is 67.7 cm³/mol. The molecule has 1 saturated carbocycles. The summed E-state index contributed by atoms with van der Waals surface area (Å²) in [5.74, 6) is 2.54. The van der Waals surface area contributed by atoms with Crippen LogP contribution in [0.15, 0.2) is 0 Å². The third-order valence-corrected chi connectivity index (χ3v) is 3.67. The Bertz CT molecular complexity index is 422. The fourth-order valence-electron chi connectivity index (χ4n) is 2.47. The fraction of sp³-hybridized carbons (Fsp3) is 0.714. The van der Waals surface area contributed by atoms with Crippen molar-refractivity contribution in [2.45, 2.75) is 58.5 Å². The van der Waals surface area contributed by atoms with Crippen LogP contribution in [0.2, 0.25) is 0 Å². The third-order valence-electron chi connectivity index (χ3n) is 3.67. The van der Waals surface area contributed by atoms with E-state index in [9.17, 15) is 0 Å². The number of fused-ring (bicyclic) bond motifs is 1. The molecule has 1 aromatic rings. The maximum atomic E-state index is 4.83. The normalized spacial score (nSPS) is 18.8. The molecule has 0 unspecified atom stereocenters. The number of nitrogens with zero attached hydrogens (tertiary/aromatic N) is 2. The number of aryl methyl sites for hydroxylation is 1. The summed E-state index contributed by atoms with van der Waals surface area (Å²) in [6.07, 6.45) is 4.88. The summed E-state index contributed by atoms with van der Waals surface area (Å²) in [5.41, 5.74) is 4.03. The second kappa shape index (κ2) is 4.37. The van der Waals surface area contributed by atoms with Crippen LogP contribution in [0.4, 0.5) is 0 Å². The molecule has 1 aromatic heterocycles. The minimum Gasteiger partial charge on any atom is -0.307 e. The van der Waals surface area contributed by atoms with Crippen molar-refractivity contribution in [3.8, 4) is 0 Å². The van der Waals surface area contributed by atoms with E-state index in [1.165, 1.54) is 36.2 Å². The molecule has 0 saturated heterocycles. The summed E-state index contributed by atoms with van der Waals surface area (Å²) in [6, 6.07) is 0. The summed E-state index contributed by atoms with van der Waals surface area (Å²) < 4.78 is 0. The van der Waals surface area contributed by atoms with Crippen LogP contribution in [0.5, 0.6) is 0 Å². The summed E-state index contributed by atoms with van der Waals surface area (Å²) in [4.78, 5) is 9.55. The Hall–Kier alpha value is -0.960. The quantitative estimate of drug-likeness (QED) is 0.865. The molecule has 0 spiro atoms. The Balaban J connectivity index is 1.87. The van der Waals surface area contributed by atoms with Gasteiger partial charge in [-0.2, -0.15) is 0 Å². The van der Waals surface area contributed by atoms with E-state index in [-0.39, 0.29) is 0 Å². The Morgan fingerprint density at radius 2 is 2.06 bits per heavy atom. The zero-order valence-electron chi connectivity index (χ0n) is 10.8. The second-order valence-electron chi connectivity index (χ2n) is 5.76. The SMILES string of the molecule is CC(C)CCc1nc2c(c(C3CC3)n1)CNC2. The van der Waals surface area contributed by atoms with E-state index in [1.807, 2.05) is 0 Å². The molecular formula is C14H21N3. The molecule has 3 nitrogen and oxygen atoms in total. The minimum absolute atomic E-state index is 0.731. The highest BCUT2D eigenvalue weighted by Gasteiger charge is 2.31. The van der Waals surface area contributed by atoms with E-state index >= 15 is 0 Å². The van der Waals surface area contributed by atoms with Crippen molar-refractivity contribution in [1.82, 2.24) is 15.3 Å². The smallest absolute Gasteiger partial charge is 0.128 e. The molecule has 1 N–H and O–H groups in total. The van der Waals surface area contributed by atoms with Crippen molar-refractivity contribution >= 4 is 0 Å². The average molecular weight is 231 g/mol. The lowest BCUT2D eigenvalue weighted by molar-refractivity contribution is 0.572. The summed E-state index contributed by atoms with van der Waals surface area (Å²) in [6.45, 7) is 6.44. The van der Waals surface area contributed by atoms with Crippen LogP contribution in [0.1, 0.15) is 61.8 Å². The van der Waals surface area contributed by atoms with Gasteiger partial charge < -0.3 is 5.32 Å². The van der Waals surface area contributed by atoms with Gasteiger partial charge in [-0.05, 0) is 25.2 Å². The van der Waals surface area contributed by atoms with E-state index in [0.29, 0.717) is 0 Å². The lowest BCUT2D eigenvalue weighted by atomic mass is 10.1. The van der Waals surface area contributed by atoms with Gasteiger partial charge in [0.2, 0.25) is 0 Å². The Kier molecular flexibility index (Phi) is 2.87. The molecular weight excluding hydrogens is 210 g/mol. The monoisotopic (exact) mass is 231 g/mol. The number of nitrogens with one attached hydrogen (secondary N) is 1. The molecule has 2 heterocycles. The van der Waals surface area contributed by atoms with Crippen molar-refractivity contribution in [2.75, 3.05) is 0 Å². The second-order valence-corrected chi connectivity index (χ2v) is 5.76. The highest BCUT2D eigenvalue weighted by atomic mass is 15.0. The molecule has 3 heteroatoms. The molecule has 0 radical (unpaired) electrons. The van der Waals surface area contributed by atoms with Gasteiger partial charge in [-0.25, -0.2) is 9.97 Å². The van der Waals surface area contributed by atoms with E-state index < -0.39 is 0 Å². The van der Waals surface area contributed by atoms with Gasteiger partial charge in [0, 0.05) is 31.0 Å². The maximum Gasteiger partial charge on any atom is 0.128 e. The molecule has 17 heavy (non-hydrogen) atoms. The Morgan fingerprint density at radius 3 is 2.76 bits per heavy atom. The van der Waals surface area contributed by atoms with Crippen molar-refractivity contribution in [3.05, 3.63) is 22.8 Å². The van der Waals surface area contributed by atoms with Crippen molar-refractivity contribution < 1.29 is 0 Å². The topological polar surface area (TPSA) is 37.8 Å². The molecule has 1 fully saturated rings. The molecule has 3 rings (SSSR count). The van der Waals surface area contributed by atoms with Gasteiger partial charge in [0.05, 0.1) is 11.4 Å². The number of hydrogen-bond acceptors (Lipinski definition) is 3. The lowest BCUT2D eigenvalue weighted by Crippen LogP contribution is -2.06. The summed E-state index contributed by atoms with van der Waals surface area (Å²) in [5, 5.41) is 3.40. The standard InChI is InChI=1S/C14H21N3/c1-9(2)3-6-13-16-12-8-15-7-11(12)14(17-13)10-4-5-10/h9-10,15H,3-8H2,1-2H3. The number of rotatable bonds is 4. The van der Waals surface area contributed by atoms with E-state index in [0.717, 1.165) is 37.2 Å². The first kappa shape index (κ1) is 11.1. The summed E-state index contributed by atoms with van der Waals surface area (Å²) in [7, 11) is 0. The van der Waals surface area contributed by atoms with Gasteiger partial charge in [-0.3, -0.25) is 0 Å². The number of hydrogen-bond donors (Lipinski definition) is 1. The Morgan fingerprint density at radius 1 is 1.24 bits per heavy atom. The lowest BCUT2D eigenvalue weighted by Gasteiger charge is -2.09. The summed E-state index contributed by atoms with van der Waals surface area (Å²) >= 11 is 0. The zero-order chi connectivity index (χ0) is 11.8. The third kappa shape index (κ3) is 2.34. The van der Waals surface area contributed by atoms with E-state index in [2.05, 4.69) is 19.2 Å². The molecule has 1 aliphatic carbocycles. The van der Waals surface area contributed by atoms with Gasteiger partial charge in [0.1, 0.15) is 5.82 Å². The molecule has 1 aliphatic heterocycles. The van der Waals surface area contributed by atoms with Crippen LogP contribution in [0.3, 0.4) is 0 Å². The first-order valence-corrected chi connectivity index (χ1v) is 6.83. The van der Waals surface area contributed by atoms with Gasteiger partial charge in [-0.1, -0.05) is 13.8 Å². The van der Waals surface area contributed by atoms with Crippen molar-refractivity contribution in [2.24, 2.45) is 5.92 Å². The highest BCUT2D eigenvalue weighted by molar-refractivity contribution is 5.33. The van der Waals surface area contributed by atoms with E-state index in [1.54, 1.807) is 0 Å². The first-order valence-electron chi connectivity index (χ1n) is 6.83. The van der Waals surface area contributed by atoms with Gasteiger partial charge in [-0.15, -0.1) is 0 Å². The van der Waals surface area contributed by atoms with E-state index in [4.69, 9.17) is 9.97 Å². The van der Waals surface area contributed by atoms with Gasteiger partial charge >= 0.3 is 0 Å². The van der Waals surface area contributed by atoms with Crippen LogP contribution in [0, 0.1) is 5.92 Å². The van der Waals surface area contributed by atoms with Crippen molar-refractivity contribution in [3.63, 3.8) is 0 Å². The molecule has 0 bridgehead atoms. The molecule has 0 amide bonds. The molecule has 0 aromatic carbocycles. The number of aromatic nitrogens is 2. The maximum absolute atomic E-state index is 4.83. The zero-order valence-corrected chi connectivity index (χ0v) is 10.8. The van der Waals surface area contributed by atoms with Gasteiger partial charge in [0.15, 0.2) is 0 Å². The predicted octanol–water partition coefficient (Wildman–Crippen LogP) is 2.55. The largest absolute Gasteiger partial charge is 0.307 e. The van der Waals surface area contributed by atoms with Crippen LogP contribution in [-0.2, 0) is 19.5 Å². The molecule has 2 aliphatic rings. The van der Waals surface area contributed by atoms with Crippen molar-refractivity contribution in [1.29, 1.82) is 0 Å². The highest BCUT2D eigenvalue weighted by Crippen LogP contribution is 2.41. The fourth-order valence-corrected chi connectivity index (χ4v) is 2.47. The Labute approximate surface area is 103 Å². The van der Waals surface area contributed by atoms with Gasteiger partial charge in [0.25, 0.3) is 0 Å². The van der Waals surface area contributed by atoms with Crippen LogP contribution in [0.25, 0.3) is 0 Å². The van der Waals surface area contributed by atoms with Crippen LogP contribution in [-0.4, -0.2) is 9.97 Å². The average Bonchev–Trinajstić information content (AvgIpc) is 3.03. The molecule has 0 atom stereocenters. The van der Waals surface area contributed by atoms with Crippen LogP contribution >= 0.6 is 0 Å².